The number of hydrogen-bond acceptors (Lipinski definition) is 6. The van der Waals surface area contributed by atoms with Gasteiger partial charge in [0.05, 0.1) is 30.4 Å². The number of benzene rings is 2. The molecule has 1 aliphatic rings. The molecule has 0 spiro atoms. The van der Waals surface area contributed by atoms with Crippen LogP contribution in [0.5, 0.6) is 5.75 Å². The highest BCUT2D eigenvalue weighted by Crippen LogP contribution is 2.26. The summed E-state index contributed by atoms with van der Waals surface area (Å²) < 4.78 is 10.8. The highest BCUT2D eigenvalue weighted by molar-refractivity contribution is 6.04. The van der Waals surface area contributed by atoms with Gasteiger partial charge in [-0.1, -0.05) is 30.3 Å². The summed E-state index contributed by atoms with van der Waals surface area (Å²) in [6.45, 7) is 2.35. The van der Waals surface area contributed by atoms with Gasteiger partial charge in [0.25, 0.3) is 11.8 Å². The number of piperidine rings is 1. The van der Waals surface area contributed by atoms with Crippen molar-refractivity contribution in [2.45, 2.75) is 25.1 Å². The summed E-state index contributed by atoms with van der Waals surface area (Å²) >= 11 is 0. The standard InChI is InChI=1S/C22H28N4O4/c1-29-19-11-17(23)15(10-16(19)21(24)27)22(28)25-18-8-9-26(13-20(18)30-2)12-14-6-4-3-5-7-14/h3-7,10-11,18,20H,8-9,12-13,23H2,1-2H3,(H2,24,27)(H,25,28)/t18-,20+/m1/s1. The second-order valence-electron chi connectivity index (χ2n) is 7.37. The molecule has 2 aromatic rings. The number of nitrogen functional groups attached to an aromatic ring is 1. The molecule has 3 rings (SSSR count). The maximum atomic E-state index is 12.9. The van der Waals surface area contributed by atoms with E-state index in [4.69, 9.17) is 20.9 Å². The molecule has 8 heteroatoms. The van der Waals surface area contributed by atoms with Crippen LogP contribution in [0.3, 0.4) is 0 Å². The molecule has 1 aliphatic heterocycles. The number of carbonyl (C=O) groups is 2. The van der Waals surface area contributed by atoms with Crippen LogP contribution in [0.4, 0.5) is 5.69 Å². The fourth-order valence-corrected chi connectivity index (χ4v) is 3.77. The van der Waals surface area contributed by atoms with E-state index < -0.39 is 5.91 Å². The van der Waals surface area contributed by atoms with Gasteiger partial charge in [-0.05, 0) is 18.1 Å². The Morgan fingerprint density at radius 3 is 2.53 bits per heavy atom. The van der Waals surface area contributed by atoms with Crippen LogP contribution in [0, 0.1) is 0 Å². The Balaban J connectivity index is 1.69. The van der Waals surface area contributed by atoms with Crippen LogP contribution in [-0.4, -0.2) is 56.2 Å². The number of ether oxygens (including phenoxy) is 2. The lowest BCUT2D eigenvalue weighted by Gasteiger charge is -2.38. The zero-order chi connectivity index (χ0) is 21.7. The molecule has 1 heterocycles. The Bertz CT molecular complexity index is 904. The highest BCUT2D eigenvalue weighted by atomic mass is 16.5. The number of methoxy groups -OCH3 is 2. The van der Waals surface area contributed by atoms with Crippen molar-refractivity contribution < 1.29 is 19.1 Å². The second-order valence-corrected chi connectivity index (χ2v) is 7.37. The second kappa shape index (κ2) is 9.60. The highest BCUT2D eigenvalue weighted by Gasteiger charge is 2.31. The van der Waals surface area contributed by atoms with Crippen LogP contribution in [0.15, 0.2) is 42.5 Å². The molecule has 0 saturated carbocycles. The minimum absolute atomic E-state index is 0.109. The van der Waals surface area contributed by atoms with E-state index in [0.29, 0.717) is 6.54 Å². The molecule has 0 bridgehead atoms. The normalized spacial score (nSPS) is 19.3. The van der Waals surface area contributed by atoms with Crippen molar-refractivity contribution in [2.24, 2.45) is 5.73 Å². The van der Waals surface area contributed by atoms with Gasteiger partial charge < -0.3 is 26.3 Å². The number of nitrogens with two attached hydrogens (primary N) is 2. The van der Waals surface area contributed by atoms with Crippen LogP contribution in [0.2, 0.25) is 0 Å². The minimum Gasteiger partial charge on any atom is -0.496 e. The van der Waals surface area contributed by atoms with E-state index in [1.54, 1.807) is 7.11 Å². The summed E-state index contributed by atoms with van der Waals surface area (Å²) in [5.41, 5.74) is 13.2. The number of primary amides is 1. The Hall–Kier alpha value is -3.10. The van der Waals surface area contributed by atoms with E-state index in [0.717, 1.165) is 19.5 Å². The van der Waals surface area contributed by atoms with Crippen molar-refractivity contribution >= 4 is 17.5 Å². The lowest BCUT2D eigenvalue weighted by Crippen LogP contribution is -2.54. The molecule has 5 N–H and O–H groups in total. The predicted octanol–water partition coefficient (Wildman–Crippen LogP) is 1.40. The fourth-order valence-electron chi connectivity index (χ4n) is 3.77. The molecule has 0 unspecified atom stereocenters. The number of likely N-dealkylation sites (tertiary alicyclic amines) is 1. The van der Waals surface area contributed by atoms with E-state index in [1.807, 2.05) is 18.2 Å². The van der Waals surface area contributed by atoms with Crippen molar-refractivity contribution in [3.8, 4) is 5.75 Å². The van der Waals surface area contributed by atoms with Gasteiger partial charge in [0, 0.05) is 38.5 Å². The molecule has 30 heavy (non-hydrogen) atoms. The molecule has 0 aromatic heterocycles. The molecule has 2 atom stereocenters. The van der Waals surface area contributed by atoms with Crippen molar-refractivity contribution in [3.05, 3.63) is 59.2 Å². The summed E-state index contributed by atoms with van der Waals surface area (Å²) in [6.07, 6.45) is 0.567. The summed E-state index contributed by atoms with van der Waals surface area (Å²) in [7, 11) is 3.05. The van der Waals surface area contributed by atoms with Crippen molar-refractivity contribution in [1.82, 2.24) is 10.2 Å². The van der Waals surface area contributed by atoms with E-state index in [2.05, 4.69) is 22.3 Å². The Kier molecular flexibility index (Phi) is 6.91. The zero-order valence-corrected chi connectivity index (χ0v) is 17.3. The zero-order valence-electron chi connectivity index (χ0n) is 17.3. The van der Waals surface area contributed by atoms with Gasteiger partial charge in [-0.15, -0.1) is 0 Å². The van der Waals surface area contributed by atoms with Crippen LogP contribution >= 0.6 is 0 Å². The first-order valence-corrected chi connectivity index (χ1v) is 9.80. The van der Waals surface area contributed by atoms with E-state index in [9.17, 15) is 9.59 Å². The van der Waals surface area contributed by atoms with E-state index in [1.165, 1.54) is 24.8 Å². The molecule has 2 amide bonds. The third-order valence-corrected chi connectivity index (χ3v) is 5.39. The number of anilines is 1. The van der Waals surface area contributed by atoms with Gasteiger partial charge in [0.2, 0.25) is 0 Å². The first-order valence-electron chi connectivity index (χ1n) is 9.80. The monoisotopic (exact) mass is 412 g/mol. The minimum atomic E-state index is -0.690. The third kappa shape index (κ3) is 4.90. The first kappa shape index (κ1) is 21.6. The number of hydrogen-bond donors (Lipinski definition) is 3. The quantitative estimate of drug-likeness (QED) is 0.591. The largest absolute Gasteiger partial charge is 0.496 e. The third-order valence-electron chi connectivity index (χ3n) is 5.39. The molecule has 0 radical (unpaired) electrons. The van der Waals surface area contributed by atoms with Crippen LogP contribution in [0.1, 0.15) is 32.7 Å². The Morgan fingerprint density at radius 1 is 1.17 bits per heavy atom. The van der Waals surface area contributed by atoms with Crippen LogP contribution in [0.25, 0.3) is 0 Å². The van der Waals surface area contributed by atoms with Gasteiger partial charge in [-0.2, -0.15) is 0 Å². The molecule has 8 nitrogen and oxygen atoms in total. The van der Waals surface area contributed by atoms with Gasteiger partial charge in [-0.25, -0.2) is 0 Å². The van der Waals surface area contributed by atoms with E-state index >= 15 is 0 Å². The maximum absolute atomic E-state index is 12.9. The van der Waals surface area contributed by atoms with Crippen molar-refractivity contribution in [2.75, 3.05) is 33.0 Å². The molecule has 1 saturated heterocycles. The van der Waals surface area contributed by atoms with Gasteiger partial charge >= 0.3 is 0 Å². The average Bonchev–Trinajstić information content (AvgIpc) is 2.74. The molecule has 0 aliphatic carbocycles. The Labute approximate surface area is 176 Å². The topological polar surface area (TPSA) is 120 Å². The Morgan fingerprint density at radius 2 is 1.90 bits per heavy atom. The predicted molar refractivity (Wildman–Crippen MR) is 114 cm³/mol. The van der Waals surface area contributed by atoms with Crippen LogP contribution in [-0.2, 0) is 11.3 Å². The fraction of sp³-hybridized carbons (Fsp3) is 0.364. The van der Waals surface area contributed by atoms with Crippen molar-refractivity contribution in [1.29, 1.82) is 0 Å². The molecular formula is C22H28N4O4. The van der Waals surface area contributed by atoms with Gasteiger partial charge in [0.15, 0.2) is 0 Å². The summed E-state index contributed by atoms with van der Waals surface area (Å²) in [5.74, 6) is -0.827. The molecular weight excluding hydrogens is 384 g/mol. The molecule has 160 valence electrons. The lowest BCUT2D eigenvalue weighted by atomic mass is 9.99. The van der Waals surface area contributed by atoms with Gasteiger partial charge in [-0.3, -0.25) is 14.5 Å². The van der Waals surface area contributed by atoms with Gasteiger partial charge in [0.1, 0.15) is 5.75 Å². The van der Waals surface area contributed by atoms with Crippen LogP contribution < -0.4 is 21.5 Å². The van der Waals surface area contributed by atoms with Crippen molar-refractivity contribution in [3.63, 3.8) is 0 Å². The SMILES string of the molecule is COc1cc(N)c(C(=O)N[C@@H]2CCN(Cc3ccccc3)C[C@@H]2OC)cc1C(N)=O. The first-order chi connectivity index (χ1) is 14.4. The smallest absolute Gasteiger partial charge is 0.253 e. The lowest BCUT2D eigenvalue weighted by molar-refractivity contribution is 0.00391. The number of carbonyl (C=O) groups excluding carboxylic acids is 2. The summed E-state index contributed by atoms with van der Waals surface area (Å²) in [5, 5.41) is 3.00. The van der Waals surface area contributed by atoms with E-state index in [-0.39, 0.29) is 40.6 Å². The number of rotatable bonds is 7. The summed E-state index contributed by atoms with van der Waals surface area (Å²) in [6, 6.07) is 12.9. The molecule has 2 aromatic carbocycles. The summed E-state index contributed by atoms with van der Waals surface area (Å²) in [4.78, 5) is 26.9. The maximum Gasteiger partial charge on any atom is 0.253 e. The number of nitrogens with one attached hydrogen (secondary N) is 1. The average molecular weight is 412 g/mol. The number of nitrogens with zero attached hydrogens (tertiary/aromatic N) is 1. The number of amides is 2. The molecule has 1 fully saturated rings.